The van der Waals surface area contributed by atoms with Gasteiger partial charge in [-0.3, -0.25) is 9.59 Å². The van der Waals surface area contributed by atoms with E-state index in [9.17, 15) is 18.4 Å². The van der Waals surface area contributed by atoms with E-state index in [1.54, 1.807) is 24.3 Å². The van der Waals surface area contributed by atoms with Crippen LogP contribution in [0.2, 0.25) is 0 Å². The molecule has 0 saturated carbocycles. The van der Waals surface area contributed by atoms with E-state index in [1.807, 2.05) is 6.92 Å². The summed E-state index contributed by atoms with van der Waals surface area (Å²) in [5, 5.41) is 5.41. The monoisotopic (exact) mass is 364 g/mol. The minimum atomic E-state index is -0.906. The van der Waals surface area contributed by atoms with Crippen molar-refractivity contribution in [3.8, 4) is 0 Å². The predicted molar refractivity (Wildman–Crippen MR) is 94.8 cm³/mol. The number of amides is 2. The second-order valence-corrected chi connectivity index (χ2v) is 6.33. The minimum absolute atomic E-state index is 0.201. The molecule has 0 aliphatic heterocycles. The van der Waals surface area contributed by atoms with Crippen LogP contribution in [0.1, 0.15) is 23.7 Å². The van der Waals surface area contributed by atoms with Gasteiger partial charge in [0.1, 0.15) is 0 Å². The number of thioether (sulfide) groups is 1. The van der Waals surface area contributed by atoms with Gasteiger partial charge in [0, 0.05) is 34.9 Å². The number of hydrogen-bond donors (Lipinski definition) is 2. The van der Waals surface area contributed by atoms with Crippen molar-refractivity contribution in [2.24, 2.45) is 0 Å². The van der Waals surface area contributed by atoms with Gasteiger partial charge in [0.15, 0.2) is 11.6 Å². The van der Waals surface area contributed by atoms with Gasteiger partial charge in [-0.25, -0.2) is 8.78 Å². The fraction of sp³-hybridized carbons (Fsp3) is 0.222. The van der Waals surface area contributed by atoms with Gasteiger partial charge in [-0.1, -0.05) is 6.07 Å². The summed E-state index contributed by atoms with van der Waals surface area (Å²) in [4.78, 5) is 24.3. The topological polar surface area (TPSA) is 58.2 Å². The Balaban J connectivity index is 1.84. The number of carbonyl (C=O) groups is 2. The van der Waals surface area contributed by atoms with Crippen LogP contribution in [0.15, 0.2) is 47.4 Å². The molecule has 132 valence electrons. The van der Waals surface area contributed by atoms with Crippen LogP contribution < -0.4 is 10.6 Å². The fourth-order valence-corrected chi connectivity index (χ4v) is 2.93. The van der Waals surface area contributed by atoms with Crippen LogP contribution in [0.4, 0.5) is 14.5 Å². The number of rotatable bonds is 7. The zero-order valence-electron chi connectivity index (χ0n) is 13.6. The molecule has 0 heterocycles. The number of benzene rings is 2. The number of halogens is 2. The molecule has 0 spiro atoms. The number of hydrogen-bond acceptors (Lipinski definition) is 3. The van der Waals surface area contributed by atoms with Gasteiger partial charge < -0.3 is 10.6 Å². The molecule has 0 unspecified atom stereocenters. The third kappa shape index (κ3) is 5.86. The highest BCUT2D eigenvalue weighted by atomic mass is 32.2. The van der Waals surface area contributed by atoms with Crippen LogP contribution in [0.5, 0.6) is 0 Å². The highest BCUT2D eigenvalue weighted by molar-refractivity contribution is 7.99. The largest absolute Gasteiger partial charge is 0.352 e. The lowest BCUT2D eigenvalue weighted by Crippen LogP contribution is -2.22. The van der Waals surface area contributed by atoms with Crippen molar-refractivity contribution in [2.45, 2.75) is 18.2 Å². The van der Waals surface area contributed by atoms with Gasteiger partial charge >= 0.3 is 0 Å². The Kier molecular flexibility index (Phi) is 6.94. The first-order chi connectivity index (χ1) is 12.0. The van der Waals surface area contributed by atoms with E-state index in [2.05, 4.69) is 10.6 Å². The first-order valence-corrected chi connectivity index (χ1v) is 8.74. The fourth-order valence-electron chi connectivity index (χ4n) is 2.05. The molecule has 2 N–H and O–H groups in total. The van der Waals surface area contributed by atoms with Gasteiger partial charge in [-0.2, -0.15) is 0 Å². The van der Waals surface area contributed by atoms with E-state index < -0.39 is 11.6 Å². The Morgan fingerprint density at radius 2 is 1.88 bits per heavy atom. The SMILES string of the molecule is CCNC(=O)c1cccc(NC(=O)CCSc2ccc(F)c(F)c2)c1. The van der Waals surface area contributed by atoms with Gasteiger partial charge in [-0.15, -0.1) is 11.8 Å². The van der Waals surface area contributed by atoms with Crippen LogP contribution in [-0.4, -0.2) is 24.1 Å². The van der Waals surface area contributed by atoms with Gasteiger partial charge in [0.05, 0.1) is 0 Å². The lowest BCUT2D eigenvalue weighted by atomic mass is 10.2. The van der Waals surface area contributed by atoms with Crippen molar-refractivity contribution in [1.82, 2.24) is 5.32 Å². The molecular formula is C18H18F2N2O2S. The van der Waals surface area contributed by atoms with Crippen molar-refractivity contribution < 1.29 is 18.4 Å². The highest BCUT2D eigenvalue weighted by Gasteiger charge is 2.08. The molecular weight excluding hydrogens is 346 g/mol. The Morgan fingerprint density at radius 1 is 1.08 bits per heavy atom. The molecule has 0 radical (unpaired) electrons. The van der Waals surface area contributed by atoms with Crippen molar-refractivity contribution in [3.05, 3.63) is 59.7 Å². The first-order valence-electron chi connectivity index (χ1n) is 7.75. The van der Waals surface area contributed by atoms with E-state index in [-0.39, 0.29) is 18.2 Å². The molecule has 2 aromatic carbocycles. The van der Waals surface area contributed by atoms with E-state index in [4.69, 9.17) is 0 Å². The summed E-state index contributed by atoms with van der Waals surface area (Å²) in [6.45, 7) is 2.35. The minimum Gasteiger partial charge on any atom is -0.352 e. The van der Waals surface area contributed by atoms with E-state index >= 15 is 0 Å². The van der Waals surface area contributed by atoms with Gasteiger partial charge in [0.2, 0.25) is 5.91 Å². The summed E-state index contributed by atoms with van der Waals surface area (Å²) in [6, 6.07) is 10.3. The van der Waals surface area contributed by atoms with Crippen molar-refractivity contribution >= 4 is 29.3 Å². The molecule has 25 heavy (non-hydrogen) atoms. The van der Waals surface area contributed by atoms with Crippen molar-refractivity contribution in [2.75, 3.05) is 17.6 Å². The van der Waals surface area contributed by atoms with Crippen LogP contribution >= 0.6 is 11.8 Å². The number of anilines is 1. The van der Waals surface area contributed by atoms with Crippen LogP contribution in [0, 0.1) is 11.6 Å². The van der Waals surface area contributed by atoms with Crippen molar-refractivity contribution in [3.63, 3.8) is 0 Å². The Bertz CT molecular complexity index is 768. The lowest BCUT2D eigenvalue weighted by Gasteiger charge is -2.08. The number of carbonyl (C=O) groups excluding carboxylic acids is 2. The normalized spacial score (nSPS) is 10.4. The third-order valence-corrected chi connectivity index (χ3v) is 4.23. The van der Waals surface area contributed by atoms with Crippen LogP contribution in [-0.2, 0) is 4.79 Å². The van der Waals surface area contributed by atoms with Crippen LogP contribution in [0.3, 0.4) is 0 Å². The van der Waals surface area contributed by atoms with Gasteiger partial charge in [0.25, 0.3) is 5.91 Å². The summed E-state index contributed by atoms with van der Waals surface area (Å²) >= 11 is 1.27. The zero-order valence-corrected chi connectivity index (χ0v) is 14.5. The first kappa shape index (κ1) is 18.9. The molecule has 2 rings (SSSR count). The maximum absolute atomic E-state index is 13.1. The quantitative estimate of drug-likeness (QED) is 0.734. The Hall–Kier alpha value is -2.41. The summed E-state index contributed by atoms with van der Waals surface area (Å²) in [7, 11) is 0. The molecule has 7 heteroatoms. The Morgan fingerprint density at radius 3 is 2.60 bits per heavy atom. The molecule has 0 aliphatic rings. The second-order valence-electron chi connectivity index (χ2n) is 5.16. The molecule has 4 nitrogen and oxygen atoms in total. The molecule has 0 aromatic heterocycles. The van der Waals surface area contributed by atoms with Crippen molar-refractivity contribution in [1.29, 1.82) is 0 Å². The highest BCUT2D eigenvalue weighted by Crippen LogP contribution is 2.21. The average molecular weight is 364 g/mol. The molecule has 2 aromatic rings. The predicted octanol–water partition coefficient (Wildman–Crippen LogP) is 3.84. The molecule has 2 amide bonds. The third-order valence-electron chi connectivity index (χ3n) is 3.23. The standard InChI is InChI=1S/C18H18F2N2O2S/c1-2-21-18(24)12-4-3-5-13(10-12)22-17(23)8-9-25-14-6-7-15(19)16(20)11-14/h3-7,10-11H,2,8-9H2,1H3,(H,21,24)(H,22,23). The zero-order chi connectivity index (χ0) is 18.2. The molecule has 0 bridgehead atoms. The summed E-state index contributed by atoms with van der Waals surface area (Å²) in [5.41, 5.74) is 1.00. The van der Waals surface area contributed by atoms with Gasteiger partial charge in [-0.05, 0) is 43.3 Å². The summed E-state index contributed by atoms with van der Waals surface area (Å²) in [6.07, 6.45) is 0.203. The van der Waals surface area contributed by atoms with E-state index in [0.29, 0.717) is 28.4 Å². The second kappa shape index (κ2) is 9.17. The lowest BCUT2D eigenvalue weighted by molar-refractivity contribution is -0.115. The van der Waals surface area contributed by atoms with E-state index in [1.165, 1.54) is 17.8 Å². The molecule has 0 saturated heterocycles. The smallest absolute Gasteiger partial charge is 0.251 e. The maximum Gasteiger partial charge on any atom is 0.251 e. The van der Waals surface area contributed by atoms with Crippen LogP contribution in [0.25, 0.3) is 0 Å². The Labute approximate surface area is 149 Å². The van der Waals surface area contributed by atoms with E-state index in [0.717, 1.165) is 12.1 Å². The number of nitrogens with one attached hydrogen (secondary N) is 2. The maximum atomic E-state index is 13.1. The summed E-state index contributed by atoms with van der Waals surface area (Å²) < 4.78 is 26.0. The summed E-state index contributed by atoms with van der Waals surface area (Å²) in [5.74, 6) is -1.80. The molecule has 0 fully saturated rings. The average Bonchev–Trinajstić information content (AvgIpc) is 2.58. The molecule has 0 aliphatic carbocycles. The molecule has 0 atom stereocenters.